The second-order valence-electron chi connectivity index (χ2n) is 4.82. The molecule has 0 fully saturated rings. The third kappa shape index (κ3) is 3.19. The van der Waals surface area contributed by atoms with Crippen molar-refractivity contribution in [2.45, 2.75) is 33.1 Å². The highest BCUT2D eigenvalue weighted by atomic mass is 16.1. The maximum Gasteiger partial charge on any atom is 0.224 e. The van der Waals surface area contributed by atoms with Crippen LogP contribution in [-0.2, 0) is 4.79 Å². The molecule has 90 valence electrons. The van der Waals surface area contributed by atoms with E-state index in [9.17, 15) is 4.79 Å². The molecule has 0 unspecified atom stereocenters. The Morgan fingerprint density at radius 1 is 1.35 bits per heavy atom. The number of carbonyl (C=O) groups is 1. The van der Waals surface area contributed by atoms with Gasteiger partial charge in [-0.2, -0.15) is 0 Å². The fourth-order valence-electron chi connectivity index (χ4n) is 2.13. The van der Waals surface area contributed by atoms with Crippen LogP contribution in [0.25, 0.3) is 0 Å². The van der Waals surface area contributed by atoms with Gasteiger partial charge in [-0.1, -0.05) is 18.2 Å². The molecule has 1 atom stereocenters. The van der Waals surface area contributed by atoms with Crippen LogP contribution < -0.4 is 5.32 Å². The highest BCUT2D eigenvalue weighted by Crippen LogP contribution is 2.21. The fraction of sp³-hybridized carbons (Fsp3) is 0.400. The Hall–Kier alpha value is -1.57. The van der Waals surface area contributed by atoms with E-state index in [1.165, 1.54) is 11.1 Å². The second-order valence-corrected chi connectivity index (χ2v) is 4.82. The normalized spacial score (nSPS) is 18.4. The van der Waals surface area contributed by atoms with Crippen molar-refractivity contribution >= 4 is 11.6 Å². The smallest absolute Gasteiger partial charge is 0.224 e. The summed E-state index contributed by atoms with van der Waals surface area (Å²) in [6, 6.07) is 6.03. The molecule has 1 N–H and O–H groups in total. The van der Waals surface area contributed by atoms with E-state index < -0.39 is 0 Å². The average Bonchev–Trinajstić information content (AvgIpc) is 2.76. The number of nitrogens with one attached hydrogen (secondary N) is 1. The van der Waals surface area contributed by atoms with E-state index in [2.05, 4.69) is 31.3 Å². The topological polar surface area (TPSA) is 29.1 Å². The van der Waals surface area contributed by atoms with E-state index in [1.54, 1.807) is 0 Å². The Labute approximate surface area is 103 Å². The molecule has 1 aliphatic rings. The second kappa shape index (κ2) is 5.17. The standard InChI is InChI=1S/C15H19NO/c1-11-7-8-14(9-12(11)2)16-15(17)10-13-5-3-4-6-13/h3,5,7-9,13H,4,6,10H2,1-2H3,(H,16,17)/t13-/m1/s1. The Morgan fingerprint density at radius 2 is 2.18 bits per heavy atom. The molecule has 0 heterocycles. The zero-order valence-electron chi connectivity index (χ0n) is 10.5. The van der Waals surface area contributed by atoms with Gasteiger partial charge < -0.3 is 5.32 Å². The van der Waals surface area contributed by atoms with Crippen LogP contribution >= 0.6 is 0 Å². The van der Waals surface area contributed by atoms with Crippen LogP contribution in [0, 0.1) is 19.8 Å². The Kier molecular flexibility index (Phi) is 3.62. The van der Waals surface area contributed by atoms with Crippen molar-refractivity contribution in [1.29, 1.82) is 0 Å². The first-order chi connectivity index (χ1) is 8.15. The molecule has 1 aromatic rings. The molecule has 0 radical (unpaired) electrons. The first-order valence-electron chi connectivity index (χ1n) is 6.19. The highest BCUT2D eigenvalue weighted by Gasteiger charge is 2.13. The molecule has 2 nitrogen and oxygen atoms in total. The van der Waals surface area contributed by atoms with Gasteiger partial charge in [0.05, 0.1) is 0 Å². The molecular formula is C15H19NO. The molecule has 17 heavy (non-hydrogen) atoms. The van der Waals surface area contributed by atoms with Gasteiger partial charge in [0, 0.05) is 12.1 Å². The van der Waals surface area contributed by atoms with Crippen LogP contribution in [0.5, 0.6) is 0 Å². The lowest BCUT2D eigenvalue weighted by Crippen LogP contribution is -2.14. The minimum atomic E-state index is 0.116. The maximum atomic E-state index is 11.8. The van der Waals surface area contributed by atoms with Crippen LogP contribution in [0.2, 0.25) is 0 Å². The number of rotatable bonds is 3. The minimum Gasteiger partial charge on any atom is -0.326 e. The SMILES string of the molecule is Cc1ccc(NC(=O)C[C@@H]2C=CCC2)cc1C. The number of benzene rings is 1. The summed E-state index contributed by atoms with van der Waals surface area (Å²) in [7, 11) is 0. The van der Waals surface area contributed by atoms with Gasteiger partial charge in [0.2, 0.25) is 5.91 Å². The van der Waals surface area contributed by atoms with Crippen molar-refractivity contribution in [1.82, 2.24) is 0 Å². The average molecular weight is 229 g/mol. The quantitative estimate of drug-likeness (QED) is 0.788. The van der Waals surface area contributed by atoms with Gasteiger partial charge in [0.25, 0.3) is 0 Å². The van der Waals surface area contributed by atoms with Crippen LogP contribution in [0.15, 0.2) is 30.4 Å². The summed E-state index contributed by atoms with van der Waals surface area (Å²) in [5, 5.41) is 2.96. The van der Waals surface area contributed by atoms with E-state index >= 15 is 0 Å². The number of carbonyl (C=O) groups excluding carboxylic acids is 1. The highest BCUT2D eigenvalue weighted by molar-refractivity contribution is 5.91. The summed E-state index contributed by atoms with van der Waals surface area (Å²) >= 11 is 0. The number of anilines is 1. The molecule has 1 amide bonds. The van der Waals surface area contributed by atoms with Crippen LogP contribution in [-0.4, -0.2) is 5.91 Å². The molecule has 0 saturated heterocycles. The van der Waals surface area contributed by atoms with Gasteiger partial charge in [-0.05, 0) is 55.9 Å². The third-order valence-corrected chi connectivity index (χ3v) is 3.35. The zero-order valence-corrected chi connectivity index (χ0v) is 10.5. The van der Waals surface area contributed by atoms with E-state index in [-0.39, 0.29) is 5.91 Å². The van der Waals surface area contributed by atoms with Gasteiger partial charge >= 0.3 is 0 Å². The van der Waals surface area contributed by atoms with Crippen LogP contribution in [0.3, 0.4) is 0 Å². The van der Waals surface area contributed by atoms with Gasteiger partial charge in [0.1, 0.15) is 0 Å². The molecule has 0 bridgehead atoms. The summed E-state index contributed by atoms with van der Waals surface area (Å²) in [5.74, 6) is 0.548. The van der Waals surface area contributed by atoms with Gasteiger partial charge in [-0.3, -0.25) is 4.79 Å². The molecule has 1 aliphatic carbocycles. The molecule has 0 aliphatic heterocycles. The van der Waals surface area contributed by atoms with E-state index in [0.29, 0.717) is 12.3 Å². The zero-order chi connectivity index (χ0) is 12.3. The lowest BCUT2D eigenvalue weighted by atomic mass is 10.0. The number of allylic oxidation sites excluding steroid dienone is 2. The van der Waals surface area contributed by atoms with E-state index in [1.807, 2.05) is 18.2 Å². The van der Waals surface area contributed by atoms with Gasteiger partial charge in [0.15, 0.2) is 0 Å². The Bertz CT molecular complexity index is 448. The lowest BCUT2D eigenvalue weighted by Gasteiger charge is -2.10. The fourth-order valence-corrected chi connectivity index (χ4v) is 2.13. The van der Waals surface area contributed by atoms with Crippen molar-refractivity contribution in [2.24, 2.45) is 5.92 Å². The van der Waals surface area contributed by atoms with Crippen LogP contribution in [0.4, 0.5) is 5.69 Å². The van der Waals surface area contributed by atoms with Crippen molar-refractivity contribution in [3.05, 3.63) is 41.5 Å². The maximum absolute atomic E-state index is 11.8. The van der Waals surface area contributed by atoms with Crippen LogP contribution in [0.1, 0.15) is 30.4 Å². The largest absolute Gasteiger partial charge is 0.326 e. The predicted octanol–water partition coefficient (Wildman–Crippen LogP) is 3.60. The molecular weight excluding hydrogens is 210 g/mol. The summed E-state index contributed by atoms with van der Waals surface area (Å²) < 4.78 is 0. The molecule has 1 aromatic carbocycles. The van der Waals surface area contributed by atoms with Crippen molar-refractivity contribution < 1.29 is 4.79 Å². The Balaban J connectivity index is 1.93. The Morgan fingerprint density at radius 3 is 2.82 bits per heavy atom. The summed E-state index contributed by atoms with van der Waals surface area (Å²) in [4.78, 5) is 11.8. The lowest BCUT2D eigenvalue weighted by molar-refractivity contribution is -0.116. The molecule has 2 heteroatoms. The van der Waals surface area contributed by atoms with Gasteiger partial charge in [-0.15, -0.1) is 0 Å². The molecule has 0 aromatic heterocycles. The van der Waals surface area contributed by atoms with Crippen molar-refractivity contribution in [3.8, 4) is 0 Å². The monoisotopic (exact) mass is 229 g/mol. The van der Waals surface area contributed by atoms with Crippen molar-refractivity contribution in [2.75, 3.05) is 5.32 Å². The van der Waals surface area contributed by atoms with Crippen molar-refractivity contribution in [3.63, 3.8) is 0 Å². The minimum absolute atomic E-state index is 0.116. The summed E-state index contributed by atoms with van der Waals surface area (Å²) in [6.45, 7) is 4.13. The molecule has 0 saturated carbocycles. The summed E-state index contributed by atoms with van der Waals surface area (Å²) in [5.41, 5.74) is 3.37. The number of amides is 1. The summed E-state index contributed by atoms with van der Waals surface area (Å²) in [6.07, 6.45) is 7.14. The first kappa shape index (κ1) is 11.9. The number of hydrogen-bond acceptors (Lipinski definition) is 1. The first-order valence-corrected chi connectivity index (χ1v) is 6.19. The number of hydrogen-bond donors (Lipinski definition) is 1. The molecule has 0 spiro atoms. The predicted molar refractivity (Wildman–Crippen MR) is 71.0 cm³/mol. The van der Waals surface area contributed by atoms with E-state index in [4.69, 9.17) is 0 Å². The van der Waals surface area contributed by atoms with Gasteiger partial charge in [-0.25, -0.2) is 0 Å². The number of aryl methyl sites for hydroxylation is 2. The third-order valence-electron chi connectivity index (χ3n) is 3.35. The van der Waals surface area contributed by atoms with E-state index in [0.717, 1.165) is 18.5 Å². The molecule has 2 rings (SSSR count).